The highest BCUT2D eigenvalue weighted by Crippen LogP contribution is 2.27. The van der Waals surface area contributed by atoms with Crippen molar-refractivity contribution in [1.29, 1.82) is 0 Å². The van der Waals surface area contributed by atoms with Gasteiger partial charge in [-0.25, -0.2) is 14.2 Å². The SMILES string of the molecule is Cc1nc(-c2ccccn2)sc1C(=O)OCC(=O)Nc1ccc(F)c(Cl)c1. The molecule has 0 atom stereocenters. The fourth-order valence-electron chi connectivity index (χ4n) is 2.15. The minimum atomic E-state index is -0.653. The van der Waals surface area contributed by atoms with E-state index in [1.54, 1.807) is 25.3 Å². The zero-order valence-corrected chi connectivity index (χ0v) is 15.6. The first-order valence-electron chi connectivity index (χ1n) is 7.75. The lowest BCUT2D eigenvalue weighted by Crippen LogP contribution is -2.20. The lowest BCUT2D eigenvalue weighted by Gasteiger charge is -2.06. The highest BCUT2D eigenvalue weighted by molar-refractivity contribution is 7.17. The van der Waals surface area contributed by atoms with Gasteiger partial charge in [-0.15, -0.1) is 11.3 Å². The summed E-state index contributed by atoms with van der Waals surface area (Å²) in [4.78, 5) is 33.0. The number of rotatable bonds is 5. The van der Waals surface area contributed by atoms with E-state index in [9.17, 15) is 14.0 Å². The van der Waals surface area contributed by atoms with Crippen molar-refractivity contribution < 1.29 is 18.7 Å². The third kappa shape index (κ3) is 4.66. The molecule has 0 saturated carbocycles. The molecule has 0 fully saturated rings. The Bertz CT molecular complexity index is 995. The van der Waals surface area contributed by atoms with Gasteiger partial charge in [-0.05, 0) is 37.3 Å². The molecule has 9 heteroatoms. The van der Waals surface area contributed by atoms with Crippen LogP contribution in [-0.2, 0) is 9.53 Å². The molecular weight excluding hydrogens is 393 g/mol. The number of ether oxygens (including phenoxy) is 1. The summed E-state index contributed by atoms with van der Waals surface area (Å²) < 4.78 is 18.2. The van der Waals surface area contributed by atoms with Crippen molar-refractivity contribution in [2.45, 2.75) is 6.92 Å². The van der Waals surface area contributed by atoms with Crippen molar-refractivity contribution in [3.05, 3.63) is 64.0 Å². The number of esters is 1. The van der Waals surface area contributed by atoms with Gasteiger partial charge in [0.05, 0.1) is 16.4 Å². The molecule has 0 spiro atoms. The third-order valence-corrected chi connectivity index (χ3v) is 4.85. The van der Waals surface area contributed by atoms with Crippen LogP contribution in [0.2, 0.25) is 5.02 Å². The van der Waals surface area contributed by atoms with Crippen molar-refractivity contribution in [3.8, 4) is 10.7 Å². The average molecular weight is 406 g/mol. The van der Waals surface area contributed by atoms with Crippen LogP contribution in [0.5, 0.6) is 0 Å². The number of nitrogens with zero attached hydrogens (tertiary/aromatic N) is 2. The molecular formula is C18H13ClFN3O3S. The van der Waals surface area contributed by atoms with Crippen molar-refractivity contribution in [2.75, 3.05) is 11.9 Å². The largest absolute Gasteiger partial charge is 0.451 e. The van der Waals surface area contributed by atoms with Gasteiger partial charge in [0.25, 0.3) is 5.91 Å². The van der Waals surface area contributed by atoms with Gasteiger partial charge in [0, 0.05) is 11.9 Å². The molecule has 1 N–H and O–H groups in total. The number of hydrogen-bond donors (Lipinski definition) is 1. The first-order valence-corrected chi connectivity index (χ1v) is 8.94. The molecule has 0 aliphatic rings. The Labute approximate surface area is 163 Å². The number of aryl methyl sites for hydroxylation is 1. The van der Waals surface area contributed by atoms with Crippen LogP contribution in [0.15, 0.2) is 42.6 Å². The molecule has 6 nitrogen and oxygen atoms in total. The van der Waals surface area contributed by atoms with Crippen molar-refractivity contribution in [1.82, 2.24) is 9.97 Å². The Morgan fingerprint density at radius 2 is 2.11 bits per heavy atom. The zero-order valence-electron chi connectivity index (χ0n) is 14.0. The summed E-state index contributed by atoms with van der Waals surface area (Å²) in [5.41, 5.74) is 1.45. The monoisotopic (exact) mass is 405 g/mol. The molecule has 3 aromatic rings. The Balaban J connectivity index is 1.61. The summed E-state index contributed by atoms with van der Waals surface area (Å²) in [6, 6.07) is 9.14. The number of carbonyl (C=O) groups excluding carboxylic acids is 2. The summed E-state index contributed by atoms with van der Waals surface area (Å²) in [6.07, 6.45) is 1.64. The van der Waals surface area contributed by atoms with E-state index in [0.717, 1.165) is 17.4 Å². The van der Waals surface area contributed by atoms with Crippen molar-refractivity contribution >= 4 is 40.5 Å². The highest BCUT2D eigenvalue weighted by Gasteiger charge is 2.19. The fourth-order valence-corrected chi connectivity index (χ4v) is 3.27. The number of halogens is 2. The average Bonchev–Trinajstić information content (AvgIpc) is 3.05. The minimum absolute atomic E-state index is 0.118. The van der Waals surface area contributed by atoms with E-state index in [-0.39, 0.29) is 5.02 Å². The second-order valence-corrected chi connectivity index (χ2v) is 6.81. The van der Waals surface area contributed by atoms with Crippen LogP contribution in [0.1, 0.15) is 15.4 Å². The third-order valence-electron chi connectivity index (χ3n) is 3.40. The first-order chi connectivity index (χ1) is 12.9. The van der Waals surface area contributed by atoms with Crippen LogP contribution in [0.4, 0.5) is 10.1 Å². The van der Waals surface area contributed by atoms with Gasteiger partial charge in [-0.1, -0.05) is 17.7 Å². The maximum absolute atomic E-state index is 13.1. The molecule has 0 unspecified atom stereocenters. The molecule has 2 heterocycles. The molecule has 0 aliphatic carbocycles. The van der Waals surface area contributed by atoms with E-state index >= 15 is 0 Å². The maximum atomic E-state index is 13.1. The van der Waals surface area contributed by atoms with Crippen LogP contribution in [-0.4, -0.2) is 28.5 Å². The normalized spacial score (nSPS) is 10.5. The predicted octanol–water partition coefficient (Wildman–Crippen LogP) is 4.10. The summed E-state index contributed by atoms with van der Waals surface area (Å²) >= 11 is 6.79. The molecule has 0 aliphatic heterocycles. The lowest BCUT2D eigenvalue weighted by molar-refractivity contribution is -0.119. The number of anilines is 1. The Morgan fingerprint density at radius 3 is 2.81 bits per heavy atom. The zero-order chi connectivity index (χ0) is 19.4. The predicted molar refractivity (Wildman–Crippen MR) is 100 cm³/mol. The van der Waals surface area contributed by atoms with Gasteiger partial charge < -0.3 is 10.1 Å². The van der Waals surface area contributed by atoms with Crippen molar-refractivity contribution in [2.24, 2.45) is 0 Å². The molecule has 1 aromatic carbocycles. The molecule has 138 valence electrons. The highest BCUT2D eigenvalue weighted by atomic mass is 35.5. The maximum Gasteiger partial charge on any atom is 0.350 e. The van der Waals surface area contributed by atoms with Gasteiger partial charge in [0.1, 0.15) is 15.7 Å². The number of hydrogen-bond acceptors (Lipinski definition) is 6. The molecule has 0 bridgehead atoms. The molecule has 27 heavy (non-hydrogen) atoms. The van der Waals surface area contributed by atoms with Crippen molar-refractivity contribution in [3.63, 3.8) is 0 Å². The molecule has 0 saturated heterocycles. The summed E-state index contributed by atoms with van der Waals surface area (Å²) in [6.45, 7) is 1.18. The number of aromatic nitrogens is 2. The van der Waals surface area contributed by atoms with E-state index < -0.39 is 24.3 Å². The van der Waals surface area contributed by atoms with Gasteiger partial charge >= 0.3 is 5.97 Å². The van der Waals surface area contributed by atoms with Crippen LogP contribution in [0, 0.1) is 12.7 Å². The Kier molecular flexibility index (Phi) is 5.78. The van der Waals surface area contributed by atoms with Gasteiger partial charge in [0.15, 0.2) is 6.61 Å². The standard InChI is InChI=1S/C18H13ClFN3O3S/c1-10-16(27-17(22-10)14-4-2-3-7-21-14)18(25)26-9-15(24)23-11-5-6-13(20)12(19)8-11/h2-8H,9H2,1H3,(H,23,24). The number of pyridine rings is 1. The van der Waals surface area contributed by atoms with E-state index in [0.29, 0.717) is 27.0 Å². The summed E-state index contributed by atoms with van der Waals surface area (Å²) in [5, 5.41) is 2.94. The second-order valence-electron chi connectivity index (χ2n) is 5.40. The Hall–Kier alpha value is -2.84. The van der Waals surface area contributed by atoms with E-state index in [1.807, 2.05) is 6.07 Å². The lowest BCUT2D eigenvalue weighted by atomic mass is 10.3. The van der Waals surface area contributed by atoms with Crippen LogP contribution in [0.25, 0.3) is 10.7 Å². The van der Waals surface area contributed by atoms with E-state index in [2.05, 4.69) is 15.3 Å². The summed E-state index contributed by atoms with van der Waals surface area (Å²) in [7, 11) is 0. The summed E-state index contributed by atoms with van der Waals surface area (Å²) in [5.74, 6) is -1.82. The van der Waals surface area contributed by atoms with Gasteiger partial charge in [0.2, 0.25) is 0 Å². The second kappa shape index (κ2) is 8.24. The van der Waals surface area contributed by atoms with E-state index in [1.165, 1.54) is 12.1 Å². The Morgan fingerprint density at radius 1 is 1.30 bits per heavy atom. The van der Waals surface area contributed by atoms with E-state index in [4.69, 9.17) is 16.3 Å². The topological polar surface area (TPSA) is 81.2 Å². The fraction of sp³-hybridized carbons (Fsp3) is 0.111. The number of carbonyl (C=O) groups is 2. The number of amides is 1. The smallest absolute Gasteiger partial charge is 0.350 e. The molecule has 3 rings (SSSR count). The number of benzene rings is 1. The van der Waals surface area contributed by atoms with Gasteiger partial charge in [-0.3, -0.25) is 9.78 Å². The van der Waals surface area contributed by atoms with Crippen LogP contribution < -0.4 is 5.32 Å². The number of nitrogens with one attached hydrogen (secondary N) is 1. The van der Waals surface area contributed by atoms with Crippen LogP contribution in [0.3, 0.4) is 0 Å². The quantitative estimate of drug-likeness (QED) is 0.646. The molecule has 2 aromatic heterocycles. The van der Waals surface area contributed by atoms with Crippen LogP contribution >= 0.6 is 22.9 Å². The van der Waals surface area contributed by atoms with Gasteiger partial charge in [-0.2, -0.15) is 0 Å². The molecule has 1 amide bonds. The first kappa shape index (κ1) is 18.9. The molecule has 0 radical (unpaired) electrons. The number of thiazole rings is 1. The minimum Gasteiger partial charge on any atom is -0.451 e.